The van der Waals surface area contributed by atoms with Gasteiger partial charge in [-0.25, -0.2) is 0 Å². The van der Waals surface area contributed by atoms with Crippen molar-refractivity contribution in [3.63, 3.8) is 0 Å². The highest BCUT2D eigenvalue weighted by Gasteiger charge is 2.53. The zero-order valence-corrected chi connectivity index (χ0v) is 12.2. The Kier molecular flexibility index (Phi) is 2.08. The predicted molar refractivity (Wildman–Crippen MR) is 76.8 cm³/mol. The first kappa shape index (κ1) is 11.1. The van der Waals surface area contributed by atoms with Gasteiger partial charge in [0, 0.05) is 10.4 Å². The van der Waals surface area contributed by atoms with E-state index in [1.54, 1.807) is 0 Å². The van der Waals surface area contributed by atoms with Crippen molar-refractivity contribution in [1.29, 1.82) is 0 Å². The second-order valence-corrected chi connectivity index (χ2v) is 8.63. The van der Waals surface area contributed by atoms with Gasteiger partial charge in [0.15, 0.2) is 0 Å². The lowest BCUT2D eigenvalue weighted by molar-refractivity contribution is -0.0390. The number of nitrogens with zero attached hydrogens (tertiary/aromatic N) is 1. The van der Waals surface area contributed by atoms with Crippen molar-refractivity contribution in [2.75, 3.05) is 0 Å². The van der Waals surface area contributed by atoms with Gasteiger partial charge in [-0.3, -0.25) is 8.75 Å². The summed E-state index contributed by atoms with van der Waals surface area (Å²) in [6.07, 6.45) is 11.7. The number of rotatable bonds is 1. The minimum Gasteiger partial charge on any atom is -0.268 e. The van der Waals surface area contributed by atoms with Crippen LogP contribution < -0.4 is 5.56 Å². The maximum Gasteiger partial charge on any atom is 0.264 e. The van der Waals surface area contributed by atoms with E-state index in [0.717, 1.165) is 30.6 Å². The maximum atomic E-state index is 12.7. The van der Waals surface area contributed by atoms with Crippen LogP contribution in [0.25, 0.3) is 0 Å². The van der Waals surface area contributed by atoms with Crippen LogP contribution in [0.5, 0.6) is 0 Å². The lowest BCUT2D eigenvalue weighted by atomic mass is 9.53. The molecule has 1 aromatic heterocycles. The lowest BCUT2D eigenvalue weighted by Gasteiger charge is -2.56. The fraction of sp³-hybridized carbons (Fsp3) is 0.812. The molecule has 5 aliphatic carbocycles. The number of hydrogen-bond acceptors (Lipinski definition) is 2. The van der Waals surface area contributed by atoms with Crippen molar-refractivity contribution in [1.82, 2.24) is 3.96 Å². The van der Waals surface area contributed by atoms with E-state index in [4.69, 9.17) is 0 Å². The molecule has 0 aliphatic heterocycles. The van der Waals surface area contributed by atoms with E-state index in [0.29, 0.717) is 5.56 Å². The molecule has 0 amide bonds. The van der Waals surface area contributed by atoms with Crippen molar-refractivity contribution < 1.29 is 0 Å². The molecule has 0 spiro atoms. The smallest absolute Gasteiger partial charge is 0.264 e. The first-order valence-electron chi connectivity index (χ1n) is 7.98. The summed E-state index contributed by atoms with van der Waals surface area (Å²) in [5.41, 5.74) is 1.83. The first-order valence-corrected chi connectivity index (χ1v) is 8.75. The molecule has 19 heavy (non-hydrogen) atoms. The van der Waals surface area contributed by atoms with Gasteiger partial charge in [-0.2, -0.15) is 0 Å². The van der Waals surface area contributed by atoms with Crippen molar-refractivity contribution in [2.24, 2.45) is 17.8 Å². The fourth-order valence-corrected chi connectivity index (χ4v) is 7.31. The average Bonchev–Trinajstić information content (AvgIpc) is 2.91. The summed E-state index contributed by atoms with van der Waals surface area (Å²) in [6, 6.07) is 0. The molecule has 0 N–H and O–H groups in total. The minimum atomic E-state index is 0.251. The van der Waals surface area contributed by atoms with Crippen molar-refractivity contribution in [3.05, 3.63) is 20.8 Å². The number of hydrogen-bond donors (Lipinski definition) is 0. The van der Waals surface area contributed by atoms with Crippen LogP contribution in [0.15, 0.2) is 4.79 Å². The fourth-order valence-electron chi connectivity index (χ4n) is 5.94. The van der Waals surface area contributed by atoms with Crippen LogP contribution in [0.2, 0.25) is 0 Å². The zero-order valence-electron chi connectivity index (χ0n) is 11.4. The van der Waals surface area contributed by atoms with Crippen molar-refractivity contribution >= 4 is 11.5 Å². The molecule has 1 aromatic rings. The van der Waals surface area contributed by atoms with Gasteiger partial charge in [0.2, 0.25) is 0 Å². The van der Waals surface area contributed by atoms with Crippen LogP contribution in [0.3, 0.4) is 0 Å². The van der Waals surface area contributed by atoms with E-state index in [9.17, 15) is 4.79 Å². The molecule has 4 fully saturated rings. The van der Waals surface area contributed by atoms with Gasteiger partial charge in [0.05, 0.1) is 5.54 Å². The second kappa shape index (κ2) is 3.55. The van der Waals surface area contributed by atoms with Gasteiger partial charge in [-0.15, -0.1) is 0 Å². The van der Waals surface area contributed by atoms with Crippen LogP contribution in [-0.2, 0) is 18.4 Å². The number of aromatic nitrogens is 1. The SMILES string of the molecule is O=c1c2c(sn1C13CC4CC(CC(C4)C1)C3)CCC2. The van der Waals surface area contributed by atoms with E-state index >= 15 is 0 Å². The Balaban J connectivity index is 1.64. The topological polar surface area (TPSA) is 22.0 Å². The Morgan fingerprint density at radius 3 is 2.21 bits per heavy atom. The summed E-state index contributed by atoms with van der Waals surface area (Å²) in [4.78, 5) is 14.2. The maximum absolute atomic E-state index is 12.7. The van der Waals surface area contributed by atoms with Crippen LogP contribution in [0.1, 0.15) is 55.4 Å². The summed E-state index contributed by atoms with van der Waals surface area (Å²) < 4.78 is 2.27. The quantitative estimate of drug-likeness (QED) is 0.770. The van der Waals surface area contributed by atoms with E-state index in [2.05, 4.69) is 3.96 Å². The zero-order chi connectivity index (χ0) is 12.6. The second-order valence-electron chi connectivity index (χ2n) is 7.59. The monoisotopic (exact) mass is 275 g/mol. The molecular weight excluding hydrogens is 254 g/mol. The van der Waals surface area contributed by atoms with Gasteiger partial charge < -0.3 is 0 Å². The molecule has 0 atom stereocenters. The highest BCUT2D eigenvalue weighted by Crippen LogP contribution is 2.59. The molecule has 2 nitrogen and oxygen atoms in total. The molecule has 4 bridgehead atoms. The number of aryl methyl sites for hydroxylation is 1. The minimum absolute atomic E-state index is 0.251. The molecule has 0 unspecified atom stereocenters. The standard InChI is InChI=1S/C16H21NOS/c18-15-13-2-1-3-14(13)19-17(15)16-7-10-4-11(8-16)6-12(5-10)9-16/h10-12H,1-9H2. The molecule has 0 aromatic carbocycles. The summed E-state index contributed by atoms with van der Waals surface area (Å²) in [5.74, 6) is 2.78. The van der Waals surface area contributed by atoms with E-state index in [1.807, 2.05) is 11.5 Å². The largest absolute Gasteiger partial charge is 0.268 e. The third-order valence-electron chi connectivity index (χ3n) is 6.25. The van der Waals surface area contributed by atoms with Gasteiger partial charge in [0.1, 0.15) is 0 Å². The Labute approximate surface area is 118 Å². The van der Waals surface area contributed by atoms with E-state index < -0.39 is 0 Å². The summed E-state index contributed by atoms with van der Waals surface area (Å²) in [5, 5.41) is 0. The summed E-state index contributed by atoms with van der Waals surface area (Å²) in [6.45, 7) is 0. The van der Waals surface area contributed by atoms with Gasteiger partial charge in [0.25, 0.3) is 5.56 Å². The van der Waals surface area contributed by atoms with Gasteiger partial charge in [-0.05, 0) is 75.5 Å². The Morgan fingerprint density at radius 1 is 1.00 bits per heavy atom. The van der Waals surface area contributed by atoms with E-state index in [-0.39, 0.29) is 5.54 Å². The molecule has 4 saturated carbocycles. The molecule has 5 aliphatic rings. The van der Waals surface area contributed by atoms with Gasteiger partial charge in [-0.1, -0.05) is 11.5 Å². The normalized spacial score (nSPS) is 42.8. The van der Waals surface area contributed by atoms with Crippen molar-refractivity contribution in [3.8, 4) is 0 Å². The number of fused-ring (bicyclic) bond motifs is 1. The van der Waals surface area contributed by atoms with Crippen LogP contribution in [-0.4, -0.2) is 3.96 Å². The third-order valence-corrected chi connectivity index (χ3v) is 7.65. The lowest BCUT2D eigenvalue weighted by Crippen LogP contribution is -2.53. The van der Waals surface area contributed by atoms with E-state index in [1.165, 1.54) is 55.4 Å². The van der Waals surface area contributed by atoms with Crippen LogP contribution >= 0.6 is 11.5 Å². The predicted octanol–water partition coefficient (Wildman–Crippen LogP) is 3.32. The summed E-state index contributed by atoms with van der Waals surface area (Å²) >= 11 is 1.84. The van der Waals surface area contributed by atoms with Crippen LogP contribution in [0.4, 0.5) is 0 Å². The molecule has 0 saturated heterocycles. The summed E-state index contributed by atoms with van der Waals surface area (Å²) in [7, 11) is 0. The first-order chi connectivity index (χ1) is 9.23. The highest BCUT2D eigenvalue weighted by atomic mass is 32.1. The molecule has 102 valence electrons. The molecule has 1 heterocycles. The highest BCUT2D eigenvalue weighted by molar-refractivity contribution is 7.06. The molecule has 6 rings (SSSR count). The Hall–Kier alpha value is -0.570. The average molecular weight is 275 g/mol. The third kappa shape index (κ3) is 1.40. The molecule has 3 heteroatoms. The molecule has 0 radical (unpaired) electrons. The van der Waals surface area contributed by atoms with Crippen LogP contribution in [0, 0.1) is 17.8 Å². The Bertz CT molecular complexity index is 561. The van der Waals surface area contributed by atoms with Crippen molar-refractivity contribution in [2.45, 2.75) is 63.3 Å². The molecular formula is C16H21NOS. The Morgan fingerprint density at radius 2 is 1.63 bits per heavy atom. The van der Waals surface area contributed by atoms with Gasteiger partial charge >= 0.3 is 0 Å².